The normalized spacial score (nSPS) is 23.9. The van der Waals surface area contributed by atoms with Gasteiger partial charge in [0.2, 0.25) is 0 Å². The van der Waals surface area contributed by atoms with Crippen molar-refractivity contribution in [3.63, 3.8) is 0 Å². The first-order valence-corrected chi connectivity index (χ1v) is 7.89. The van der Waals surface area contributed by atoms with Crippen LogP contribution in [-0.4, -0.2) is 35.1 Å². The molecule has 114 valence electrons. The highest BCUT2D eigenvalue weighted by molar-refractivity contribution is 5.64. The van der Waals surface area contributed by atoms with E-state index in [2.05, 4.69) is 9.88 Å². The van der Waals surface area contributed by atoms with E-state index in [4.69, 9.17) is 4.74 Å². The van der Waals surface area contributed by atoms with Gasteiger partial charge in [-0.25, -0.2) is 4.39 Å². The number of halogens is 1. The maximum atomic E-state index is 13.8. The molecule has 0 radical (unpaired) electrons. The molecule has 2 fully saturated rings. The van der Waals surface area contributed by atoms with Gasteiger partial charge in [-0.3, -0.25) is 9.88 Å². The zero-order chi connectivity index (χ0) is 14.9. The average molecular weight is 298 g/mol. The standard InChI is InChI=1S/C18H19FN2O/c19-15-7-14(13-3-2-6-20-10-13)8-18(9-15)22-12-17-11-21(17)16-4-1-5-16/h2-3,6-10,16-17H,1,4-5,11-12H2. The molecule has 1 saturated carbocycles. The van der Waals surface area contributed by atoms with Gasteiger partial charge in [0, 0.05) is 36.6 Å². The molecule has 1 saturated heterocycles. The van der Waals surface area contributed by atoms with Crippen molar-refractivity contribution >= 4 is 0 Å². The fraction of sp³-hybridized carbons (Fsp3) is 0.389. The van der Waals surface area contributed by atoms with Crippen LogP contribution in [0.2, 0.25) is 0 Å². The molecule has 0 bridgehead atoms. The highest BCUT2D eigenvalue weighted by atomic mass is 19.1. The van der Waals surface area contributed by atoms with Crippen LogP contribution in [0.25, 0.3) is 11.1 Å². The van der Waals surface area contributed by atoms with Gasteiger partial charge in [0.05, 0.1) is 6.04 Å². The Morgan fingerprint density at radius 1 is 1.23 bits per heavy atom. The molecule has 0 N–H and O–H groups in total. The second-order valence-electron chi connectivity index (χ2n) is 6.16. The number of benzene rings is 1. The Morgan fingerprint density at radius 3 is 2.86 bits per heavy atom. The second kappa shape index (κ2) is 5.69. The largest absolute Gasteiger partial charge is 0.492 e. The maximum absolute atomic E-state index is 13.8. The van der Waals surface area contributed by atoms with Crippen molar-refractivity contribution in [2.75, 3.05) is 13.2 Å². The molecule has 2 heterocycles. The summed E-state index contributed by atoms with van der Waals surface area (Å²) in [7, 11) is 0. The van der Waals surface area contributed by atoms with Crippen LogP contribution in [0.5, 0.6) is 5.75 Å². The zero-order valence-electron chi connectivity index (χ0n) is 12.4. The lowest BCUT2D eigenvalue weighted by Crippen LogP contribution is -2.29. The summed E-state index contributed by atoms with van der Waals surface area (Å²) in [6.45, 7) is 1.77. The van der Waals surface area contributed by atoms with Crippen molar-refractivity contribution in [3.05, 3.63) is 48.5 Å². The summed E-state index contributed by atoms with van der Waals surface area (Å²) >= 11 is 0. The number of hydrogen-bond acceptors (Lipinski definition) is 3. The predicted molar refractivity (Wildman–Crippen MR) is 83.3 cm³/mol. The molecule has 0 amide bonds. The molecule has 1 aromatic heterocycles. The van der Waals surface area contributed by atoms with E-state index in [1.165, 1.54) is 31.4 Å². The van der Waals surface area contributed by atoms with Gasteiger partial charge in [-0.15, -0.1) is 0 Å². The summed E-state index contributed by atoms with van der Waals surface area (Å²) in [6, 6.07) is 9.91. The number of pyridine rings is 1. The Bertz CT molecular complexity index is 657. The van der Waals surface area contributed by atoms with Crippen LogP contribution in [-0.2, 0) is 0 Å². The van der Waals surface area contributed by atoms with Gasteiger partial charge in [-0.05, 0) is 36.6 Å². The molecule has 1 aromatic carbocycles. The van der Waals surface area contributed by atoms with E-state index in [0.717, 1.165) is 23.7 Å². The third kappa shape index (κ3) is 2.83. The third-order valence-corrected chi connectivity index (χ3v) is 4.61. The number of rotatable bonds is 5. The van der Waals surface area contributed by atoms with E-state index in [-0.39, 0.29) is 5.82 Å². The fourth-order valence-corrected chi connectivity index (χ4v) is 3.05. The fourth-order valence-electron chi connectivity index (χ4n) is 3.05. The monoisotopic (exact) mass is 298 g/mol. The van der Waals surface area contributed by atoms with Gasteiger partial charge in [-0.1, -0.05) is 12.5 Å². The Hall–Kier alpha value is -1.94. The molecule has 2 aromatic rings. The van der Waals surface area contributed by atoms with Crippen LogP contribution in [0.3, 0.4) is 0 Å². The lowest BCUT2D eigenvalue weighted by atomic mass is 9.93. The predicted octanol–water partition coefficient (Wildman–Crippen LogP) is 3.50. The summed E-state index contributed by atoms with van der Waals surface area (Å²) in [5.41, 5.74) is 1.70. The molecule has 4 rings (SSSR count). The lowest BCUT2D eigenvalue weighted by molar-refractivity contribution is 0.215. The quantitative estimate of drug-likeness (QED) is 0.790. The van der Waals surface area contributed by atoms with Gasteiger partial charge in [-0.2, -0.15) is 0 Å². The number of hydrogen-bond donors (Lipinski definition) is 0. The van der Waals surface area contributed by atoms with E-state index >= 15 is 0 Å². The topological polar surface area (TPSA) is 25.1 Å². The number of nitrogens with zero attached hydrogens (tertiary/aromatic N) is 2. The molecule has 2 unspecified atom stereocenters. The molecular weight excluding hydrogens is 279 g/mol. The van der Waals surface area contributed by atoms with Crippen LogP contribution in [0.1, 0.15) is 19.3 Å². The van der Waals surface area contributed by atoms with Crippen LogP contribution in [0.15, 0.2) is 42.7 Å². The van der Waals surface area contributed by atoms with Crippen molar-refractivity contribution in [2.45, 2.75) is 31.3 Å². The van der Waals surface area contributed by atoms with E-state index in [0.29, 0.717) is 18.4 Å². The number of ether oxygens (including phenoxy) is 1. The van der Waals surface area contributed by atoms with Gasteiger partial charge < -0.3 is 4.74 Å². The summed E-state index contributed by atoms with van der Waals surface area (Å²) in [5, 5.41) is 0. The van der Waals surface area contributed by atoms with E-state index in [1.807, 2.05) is 18.2 Å². The molecule has 1 aliphatic heterocycles. The van der Waals surface area contributed by atoms with Crippen molar-refractivity contribution < 1.29 is 9.13 Å². The van der Waals surface area contributed by atoms with E-state index in [9.17, 15) is 4.39 Å². The lowest BCUT2D eigenvalue weighted by Gasteiger charge is -2.27. The molecule has 0 spiro atoms. The Morgan fingerprint density at radius 2 is 2.14 bits per heavy atom. The van der Waals surface area contributed by atoms with E-state index < -0.39 is 0 Å². The highest BCUT2D eigenvalue weighted by Gasteiger charge is 2.42. The Balaban J connectivity index is 1.42. The first kappa shape index (κ1) is 13.7. The molecule has 1 aliphatic carbocycles. The first-order valence-electron chi connectivity index (χ1n) is 7.89. The first-order chi connectivity index (χ1) is 10.8. The SMILES string of the molecule is Fc1cc(OCC2CN2C2CCC2)cc(-c2cccnc2)c1. The minimum atomic E-state index is -0.275. The van der Waals surface area contributed by atoms with Crippen LogP contribution in [0.4, 0.5) is 4.39 Å². The zero-order valence-corrected chi connectivity index (χ0v) is 12.4. The van der Waals surface area contributed by atoms with Gasteiger partial charge in [0.15, 0.2) is 0 Å². The average Bonchev–Trinajstić information content (AvgIpc) is 3.23. The molecule has 22 heavy (non-hydrogen) atoms. The number of aromatic nitrogens is 1. The van der Waals surface area contributed by atoms with Crippen LogP contribution in [0, 0.1) is 5.82 Å². The maximum Gasteiger partial charge on any atom is 0.127 e. The summed E-state index contributed by atoms with van der Waals surface area (Å²) in [4.78, 5) is 6.57. The summed E-state index contributed by atoms with van der Waals surface area (Å²) < 4.78 is 19.6. The Labute approximate surface area is 129 Å². The van der Waals surface area contributed by atoms with Crippen molar-refractivity contribution in [2.24, 2.45) is 0 Å². The van der Waals surface area contributed by atoms with Gasteiger partial charge in [0.25, 0.3) is 0 Å². The molecular formula is C18H19FN2O. The molecule has 2 atom stereocenters. The summed E-state index contributed by atoms with van der Waals surface area (Å²) in [6.07, 6.45) is 7.44. The highest BCUT2D eigenvalue weighted by Crippen LogP contribution is 2.34. The third-order valence-electron chi connectivity index (χ3n) is 4.61. The Kier molecular flexibility index (Phi) is 3.54. The molecule has 4 heteroatoms. The van der Waals surface area contributed by atoms with Gasteiger partial charge in [0.1, 0.15) is 18.2 Å². The van der Waals surface area contributed by atoms with Crippen molar-refractivity contribution in [3.8, 4) is 16.9 Å². The smallest absolute Gasteiger partial charge is 0.127 e. The van der Waals surface area contributed by atoms with E-state index in [1.54, 1.807) is 12.4 Å². The van der Waals surface area contributed by atoms with Gasteiger partial charge >= 0.3 is 0 Å². The minimum Gasteiger partial charge on any atom is -0.492 e. The van der Waals surface area contributed by atoms with Crippen molar-refractivity contribution in [1.82, 2.24) is 9.88 Å². The summed E-state index contributed by atoms with van der Waals surface area (Å²) in [5.74, 6) is 0.322. The van der Waals surface area contributed by atoms with Crippen molar-refractivity contribution in [1.29, 1.82) is 0 Å². The second-order valence-corrected chi connectivity index (χ2v) is 6.16. The minimum absolute atomic E-state index is 0.275. The van der Waals surface area contributed by atoms with Crippen LogP contribution >= 0.6 is 0 Å². The van der Waals surface area contributed by atoms with Crippen LogP contribution < -0.4 is 4.74 Å². The molecule has 2 aliphatic rings. The molecule has 3 nitrogen and oxygen atoms in total.